The summed E-state index contributed by atoms with van der Waals surface area (Å²) in [7, 11) is -3.95. The van der Waals surface area contributed by atoms with Crippen molar-refractivity contribution in [2.75, 3.05) is 5.32 Å². The highest BCUT2D eigenvalue weighted by atomic mass is 32.2. The van der Waals surface area contributed by atoms with Gasteiger partial charge in [-0.1, -0.05) is 55.5 Å². The Labute approximate surface area is 188 Å². The van der Waals surface area contributed by atoms with Crippen molar-refractivity contribution >= 4 is 21.6 Å². The van der Waals surface area contributed by atoms with Crippen LogP contribution in [0.4, 0.5) is 10.1 Å². The number of nitrogens with one attached hydrogen (secondary N) is 2. The average molecular weight is 455 g/mol. The Balaban J connectivity index is 1.83. The molecule has 1 amide bonds. The second-order valence-corrected chi connectivity index (χ2v) is 9.49. The molecule has 2 N–H and O–H groups in total. The van der Waals surface area contributed by atoms with E-state index in [-0.39, 0.29) is 16.5 Å². The number of anilines is 1. The van der Waals surface area contributed by atoms with Crippen LogP contribution in [0, 0.1) is 19.7 Å². The third-order valence-electron chi connectivity index (χ3n) is 5.35. The minimum absolute atomic E-state index is 0.155. The van der Waals surface area contributed by atoms with Crippen LogP contribution in [0.5, 0.6) is 0 Å². The summed E-state index contributed by atoms with van der Waals surface area (Å²) in [5.41, 5.74) is 2.92. The van der Waals surface area contributed by atoms with E-state index in [1.165, 1.54) is 6.07 Å². The van der Waals surface area contributed by atoms with Crippen molar-refractivity contribution in [3.8, 4) is 0 Å². The van der Waals surface area contributed by atoms with Crippen LogP contribution in [0.2, 0.25) is 0 Å². The molecule has 32 heavy (non-hydrogen) atoms. The van der Waals surface area contributed by atoms with Crippen LogP contribution in [0.3, 0.4) is 0 Å². The Hall–Kier alpha value is -3.03. The van der Waals surface area contributed by atoms with Crippen LogP contribution >= 0.6 is 0 Å². The lowest BCUT2D eigenvalue weighted by atomic mass is 10.1. The van der Waals surface area contributed by atoms with Crippen LogP contribution < -0.4 is 10.0 Å². The highest BCUT2D eigenvalue weighted by Gasteiger charge is 2.23. The van der Waals surface area contributed by atoms with Crippen molar-refractivity contribution in [1.82, 2.24) is 4.72 Å². The molecule has 0 aliphatic carbocycles. The molecule has 168 valence electrons. The molecule has 3 aromatic rings. The zero-order valence-electron chi connectivity index (χ0n) is 18.4. The summed E-state index contributed by atoms with van der Waals surface area (Å²) in [5.74, 6) is -1.49. The van der Waals surface area contributed by atoms with E-state index in [1.807, 2.05) is 69.3 Å². The molecule has 0 aliphatic heterocycles. The van der Waals surface area contributed by atoms with Gasteiger partial charge in [-0.05, 0) is 61.6 Å². The lowest BCUT2D eigenvalue weighted by molar-refractivity contribution is 0.102. The fourth-order valence-corrected chi connectivity index (χ4v) is 4.84. The maximum atomic E-state index is 14.5. The van der Waals surface area contributed by atoms with Crippen LogP contribution in [-0.2, 0) is 16.4 Å². The Morgan fingerprint density at radius 3 is 2.25 bits per heavy atom. The van der Waals surface area contributed by atoms with Gasteiger partial charge in [0.15, 0.2) is 0 Å². The first-order valence-electron chi connectivity index (χ1n) is 10.4. The molecular weight excluding hydrogens is 427 g/mol. The molecule has 0 radical (unpaired) electrons. The number of para-hydroxylation sites is 1. The number of hydrogen-bond donors (Lipinski definition) is 2. The maximum absolute atomic E-state index is 14.5. The zero-order chi connectivity index (χ0) is 23.3. The van der Waals surface area contributed by atoms with Gasteiger partial charge in [-0.2, -0.15) is 0 Å². The van der Waals surface area contributed by atoms with Gasteiger partial charge in [0.05, 0.1) is 10.5 Å². The molecule has 5 nitrogen and oxygen atoms in total. The van der Waals surface area contributed by atoms with Gasteiger partial charge in [0.2, 0.25) is 10.0 Å². The van der Waals surface area contributed by atoms with Gasteiger partial charge in [0.1, 0.15) is 5.82 Å². The molecule has 3 aromatic carbocycles. The quantitative estimate of drug-likeness (QED) is 0.503. The Morgan fingerprint density at radius 2 is 1.62 bits per heavy atom. The summed E-state index contributed by atoms with van der Waals surface area (Å²) >= 11 is 0. The Bertz CT molecular complexity index is 1190. The number of sulfonamides is 1. The summed E-state index contributed by atoms with van der Waals surface area (Å²) in [6.07, 6.45) is 1.10. The lowest BCUT2D eigenvalue weighted by Gasteiger charge is -2.18. The number of amides is 1. The van der Waals surface area contributed by atoms with Gasteiger partial charge in [-0.25, -0.2) is 17.5 Å². The summed E-state index contributed by atoms with van der Waals surface area (Å²) < 4.78 is 43.1. The first kappa shape index (κ1) is 23.6. The molecule has 7 heteroatoms. The van der Waals surface area contributed by atoms with Crippen LogP contribution in [-0.4, -0.2) is 20.4 Å². The van der Waals surface area contributed by atoms with Gasteiger partial charge >= 0.3 is 0 Å². The van der Waals surface area contributed by atoms with Crippen molar-refractivity contribution in [3.63, 3.8) is 0 Å². The third kappa shape index (κ3) is 5.60. The van der Waals surface area contributed by atoms with Crippen molar-refractivity contribution in [3.05, 3.63) is 94.8 Å². The molecule has 0 heterocycles. The summed E-state index contributed by atoms with van der Waals surface area (Å²) in [5, 5.41) is 2.70. The van der Waals surface area contributed by atoms with E-state index in [0.717, 1.165) is 28.8 Å². The number of carbonyl (C=O) groups excluding carboxylic acids is 1. The average Bonchev–Trinajstić information content (AvgIpc) is 2.76. The second-order valence-electron chi connectivity index (χ2n) is 7.78. The van der Waals surface area contributed by atoms with E-state index in [2.05, 4.69) is 10.0 Å². The highest BCUT2D eigenvalue weighted by Crippen LogP contribution is 2.22. The zero-order valence-corrected chi connectivity index (χ0v) is 19.2. The number of carbonyl (C=O) groups is 1. The SMILES string of the molecule is CC[C@H](Cc1ccccc1)NS(=O)(=O)c1ccc(F)c(C(=O)Nc2c(C)cccc2C)c1. The minimum Gasteiger partial charge on any atom is -0.321 e. The second kappa shape index (κ2) is 10.1. The number of aryl methyl sites for hydroxylation is 2. The van der Waals surface area contributed by atoms with Crippen molar-refractivity contribution in [2.45, 2.75) is 44.6 Å². The Morgan fingerprint density at radius 1 is 0.969 bits per heavy atom. The van der Waals surface area contributed by atoms with E-state index in [4.69, 9.17) is 0 Å². The monoisotopic (exact) mass is 454 g/mol. The van der Waals surface area contributed by atoms with Crippen molar-refractivity contribution in [1.29, 1.82) is 0 Å². The molecule has 0 saturated heterocycles. The predicted molar refractivity (Wildman–Crippen MR) is 125 cm³/mol. The molecule has 0 aliphatic rings. The first-order chi connectivity index (χ1) is 15.2. The summed E-state index contributed by atoms with van der Waals surface area (Å²) in [6, 6.07) is 18.0. The predicted octanol–water partition coefficient (Wildman–Crippen LogP) is 4.99. The molecule has 0 saturated carbocycles. The van der Waals surface area contributed by atoms with Gasteiger partial charge in [-0.3, -0.25) is 4.79 Å². The molecule has 3 rings (SSSR count). The van der Waals surface area contributed by atoms with E-state index in [1.54, 1.807) is 0 Å². The molecule has 0 fully saturated rings. The summed E-state index contributed by atoms with van der Waals surface area (Å²) in [4.78, 5) is 12.6. The van der Waals surface area contributed by atoms with Gasteiger partial charge in [0, 0.05) is 11.7 Å². The standard InChI is InChI=1S/C25H27FN2O3S/c1-4-20(15-19-11-6-5-7-12-19)28-32(30,31)21-13-14-23(26)22(16-21)25(29)27-24-17(2)9-8-10-18(24)3/h5-14,16,20,28H,4,15H2,1-3H3,(H,27,29)/t20-/m1/s1. The smallest absolute Gasteiger partial charge is 0.258 e. The van der Waals surface area contributed by atoms with E-state index < -0.39 is 21.7 Å². The minimum atomic E-state index is -3.95. The van der Waals surface area contributed by atoms with E-state index in [0.29, 0.717) is 18.5 Å². The summed E-state index contributed by atoms with van der Waals surface area (Å²) in [6.45, 7) is 5.56. The van der Waals surface area contributed by atoms with E-state index >= 15 is 0 Å². The lowest BCUT2D eigenvalue weighted by Crippen LogP contribution is -2.36. The largest absolute Gasteiger partial charge is 0.321 e. The molecule has 0 spiro atoms. The fraction of sp³-hybridized carbons (Fsp3) is 0.240. The molecule has 1 atom stereocenters. The van der Waals surface area contributed by atoms with Crippen molar-refractivity contribution in [2.24, 2.45) is 0 Å². The molecule has 0 aromatic heterocycles. The van der Waals surface area contributed by atoms with E-state index in [9.17, 15) is 17.6 Å². The topological polar surface area (TPSA) is 75.3 Å². The van der Waals surface area contributed by atoms with Gasteiger partial charge in [0.25, 0.3) is 5.91 Å². The van der Waals surface area contributed by atoms with Crippen LogP contribution in [0.15, 0.2) is 71.6 Å². The number of hydrogen-bond acceptors (Lipinski definition) is 3. The highest BCUT2D eigenvalue weighted by molar-refractivity contribution is 7.89. The normalized spacial score (nSPS) is 12.4. The molecular formula is C25H27FN2O3S. The van der Waals surface area contributed by atoms with Crippen LogP contribution in [0.25, 0.3) is 0 Å². The number of halogens is 1. The number of benzene rings is 3. The first-order valence-corrected chi connectivity index (χ1v) is 11.9. The van der Waals surface area contributed by atoms with Crippen LogP contribution in [0.1, 0.15) is 40.4 Å². The number of rotatable bonds is 8. The van der Waals surface area contributed by atoms with Crippen molar-refractivity contribution < 1.29 is 17.6 Å². The molecule has 0 bridgehead atoms. The molecule has 0 unspecified atom stereocenters. The van der Waals surface area contributed by atoms with Gasteiger partial charge in [-0.15, -0.1) is 0 Å². The third-order valence-corrected chi connectivity index (χ3v) is 6.87. The van der Waals surface area contributed by atoms with Gasteiger partial charge < -0.3 is 5.32 Å². The fourth-order valence-electron chi connectivity index (χ4n) is 3.49. The Kier molecular flexibility index (Phi) is 7.43. The maximum Gasteiger partial charge on any atom is 0.258 e.